The molecule has 3 rings (SSSR count). The second-order valence-electron chi connectivity index (χ2n) is 5.65. The van der Waals surface area contributed by atoms with Gasteiger partial charge in [-0.1, -0.05) is 23.7 Å². The fourth-order valence-electron chi connectivity index (χ4n) is 2.86. The summed E-state index contributed by atoms with van der Waals surface area (Å²) < 4.78 is 27.6. The summed E-state index contributed by atoms with van der Waals surface area (Å²) in [5.41, 5.74) is 2.25. The van der Waals surface area contributed by atoms with Crippen LogP contribution in [0.2, 0.25) is 5.02 Å². The van der Waals surface area contributed by atoms with Crippen molar-refractivity contribution in [3.63, 3.8) is 0 Å². The summed E-state index contributed by atoms with van der Waals surface area (Å²) in [4.78, 5) is 13.4. The maximum atomic E-state index is 12.5. The van der Waals surface area contributed by atoms with Crippen LogP contribution in [0.5, 0.6) is 0 Å². The van der Waals surface area contributed by atoms with E-state index in [0.29, 0.717) is 12.2 Å². The van der Waals surface area contributed by atoms with Crippen molar-refractivity contribution >= 4 is 38.9 Å². The third-order valence-corrected chi connectivity index (χ3v) is 5.84. The molecule has 0 fully saturated rings. The second-order valence-corrected chi connectivity index (χ2v) is 7.71. The minimum absolute atomic E-state index is 0.0136. The number of anilines is 2. The lowest BCUT2D eigenvalue weighted by molar-refractivity contribution is -0.116. The molecule has 0 atom stereocenters. The first-order valence-electron chi connectivity index (χ1n) is 7.57. The van der Waals surface area contributed by atoms with E-state index < -0.39 is 10.0 Å². The minimum Gasteiger partial charge on any atom is -0.312 e. The number of halogens is 1. The smallest absolute Gasteiger partial charge is 0.263 e. The van der Waals surface area contributed by atoms with Crippen LogP contribution in [0.4, 0.5) is 11.4 Å². The molecule has 7 heteroatoms. The Hall–Kier alpha value is -2.05. The number of amides is 1. The maximum Gasteiger partial charge on any atom is 0.263 e. The summed E-state index contributed by atoms with van der Waals surface area (Å²) in [7, 11) is -3.76. The van der Waals surface area contributed by atoms with Crippen molar-refractivity contribution in [3.8, 4) is 0 Å². The normalized spacial score (nSPS) is 14.2. The van der Waals surface area contributed by atoms with Crippen molar-refractivity contribution in [1.82, 2.24) is 0 Å². The van der Waals surface area contributed by atoms with Gasteiger partial charge in [-0.2, -0.15) is 0 Å². The van der Waals surface area contributed by atoms with Gasteiger partial charge in [-0.05, 0) is 48.7 Å². The summed E-state index contributed by atoms with van der Waals surface area (Å²) in [5, 5.41) is 0.172. The van der Waals surface area contributed by atoms with Crippen LogP contribution >= 0.6 is 11.6 Å². The van der Waals surface area contributed by atoms with Gasteiger partial charge in [-0.3, -0.25) is 9.52 Å². The molecule has 0 saturated heterocycles. The van der Waals surface area contributed by atoms with Gasteiger partial charge in [0.15, 0.2) is 0 Å². The number of hydrogen-bond donors (Lipinski definition) is 1. The van der Waals surface area contributed by atoms with Crippen molar-refractivity contribution in [2.75, 3.05) is 16.2 Å². The molecule has 24 heavy (non-hydrogen) atoms. The van der Waals surface area contributed by atoms with Gasteiger partial charge in [0.1, 0.15) is 4.90 Å². The van der Waals surface area contributed by atoms with E-state index in [9.17, 15) is 13.2 Å². The quantitative estimate of drug-likeness (QED) is 0.907. The largest absolute Gasteiger partial charge is 0.312 e. The molecule has 0 aliphatic carbocycles. The van der Waals surface area contributed by atoms with Gasteiger partial charge in [0.25, 0.3) is 10.0 Å². The van der Waals surface area contributed by atoms with Crippen LogP contribution in [0.3, 0.4) is 0 Å². The Labute approximate surface area is 146 Å². The predicted octanol–water partition coefficient (Wildman–Crippen LogP) is 3.44. The molecular formula is C17H17ClN2O3S. The van der Waals surface area contributed by atoms with Crippen molar-refractivity contribution < 1.29 is 13.2 Å². The number of hydrogen-bond acceptors (Lipinski definition) is 3. The number of rotatable bonds is 3. The van der Waals surface area contributed by atoms with E-state index in [1.807, 2.05) is 0 Å². The van der Waals surface area contributed by atoms with Crippen LogP contribution < -0.4 is 9.62 Å². The van der Waals surface area contributed by atoms with Crippen LogP contribution in [0.15, 0.2) is 47.4 Å². The second kappa shape index (κ2) is 6.45. The van der Waals surface area contributed by atoms with Gasteiger partial charge < -0.3 is 4.90 Å². The van der Waals surface area contributed by atoms with Crippen molar-refractivity contribution in [2.45, 2.75) is 24.7 Å². The highest BCUT2D eigenvalue weighted by Crippen LogP contribution is 2.31. The number of fused-ring (bicyclic) bond motifs is 1. The molecule has 1 N–H and O–H groups in total. The van der Waals surface area contributed by atoms with Gasteiger partial charge in [0.2, 0.25) is 5.91 Å². The van der Waals surface area contributed by atoms with Crippen molar-refractivity contribution in [2.24, 2.45) is 0 Å². The zero-order chi connectivity index (χ0) is 17.3. The Bertz CT molecular complexity index is 896. The molecule has 0 saturated carbocycles. The van der Waals surface area contributed by atoms with E-state index in [4.69, 9.17) is 11.6 Å². The van der Waals surface area contributed by atoms with E-state index in [1.165, 1.54) is 19.1 Å². The maximum absolute atomic E-state index is 12.5. The molecule has 1 amide bonds. The van der Waals surface area contributed by atoms with E-state index in [2.05, 4.69) is 4.72 Å². The van der Waals surface area contributed by atoms with Crippen LogP contribution in [0.1, 0.15) is 18.9 Å². The Kier molecular flexibility index (Phi) is 4.51. The molecule has 0 spiro atoms. The molecule has 2 aromatic carbocycles. The molecule has 0 unspecified atom stereocenters. The van der Waals surface area contributed by atoms with Crippen LogP contribution in [0.25, 0.3) is 0 Å². The van der Waals surface area contributed by atoms with Gasteiger partial charge >= 0.3 is 0 Å². The standard InChI is InChI=1S/C17H17ClN2O3S/c1-12(21)20-10-4-5-13-11-14(8-9-16(13)20)19-24(22,23)17-7-3-2-6-15(17)18/h2-3,6-9,11,19H,4-5,10H2,1H3. The minimum atomic E-state index is -3.76. The third-order valence-electron chi connectivity index (χ3n) is 3.96. The first-order chi connectivity index (χ1) is 11.4. The third kappa shape index (κ3) is 3.25. The molecule has 1 aliphatic heterocycles. The van der Waals surface area contributed by atoms with E-state index >= 15 is 0 Å². The molecule has 1 heterocycles. The van der Waals surface area contributed by atoms with E-state index in [0.717, 1.165) is 24.1 Å². The highest BCUT2D eigenvalue weighted by Gasteiger charge is 2.22. The van der Waals surface area contributed by atoms with E-state index in [-0.39, 0.29) is 15.8 Å². The van der Waals surface area contributed by atoms with Crippen LogP contribution in [0, 0.1) is 0 Å². The highest BCUT2D eigenvalue weighted by molar-refractivity contribution is 7.92. The average molecular weight is 365 g/mol. The van der Waals surface area contributed by atoms with Crippen molar-refractivity contribution in [3.05, 3.63) is 53.1 Å². The summed E-state index contributed by atoms with van der Waals surface area (Å²) in [6.45, 7) is 2.22. The number of nitrogens with zero attached hydrogens (tertiary/aromatic N) is 1. The van der Waals surface area contributed by atoms with Crippen molar-refractivity contribution in [1.29, 1.82) is 0 Å². The molecule has 0 radical (unpaired) electrons. The first kappa shape index (κ1) is 16.8. The fourth-order valence-corrected chi connectivity index (χ4v) is 4.43. The molecule has 0 aromatic heterocycles. The number of carbonyl (C=O) groups is 1. The monoisotopic (exact) mass is 364 g/mol. The van der Waals surface area contributed by atoms with Gasteiger partial charge in [-0.25, -0.2) is 8.42 Å². The molecular weight excluding hydrogens is 348 g/mol. The van der Waals surface area contributed by atoms with Crippen LogP contribution in [-0.2, 0) is 21.2 Å². The van der Waals surface area contributed by atoms with E-state index in [1.54, 1.807) is 35.2 Å². The van der Waals surface area contributed by atoms with Gasteiger partial charge in [0, 0.05) is 24.8 Å². The number of aryl methyl sites for hydroxylation is 1. The summed E-state index contributed by atoms with van der Waals surface area (Å²) in [5.74, 6) is -0.0136. The zero-order valence-electron chi connectivity index (χ0n) is 13.1. The Balaban J connectivity index is 1.92. The summed E-state index contributed by atoms with van der Waals surface area (Å²) in [6, 6.07) is 11.5. The summed E-state index contributed by atoms with van der Waals surface area (Å²) >= 11 is 5.98. The summed E-state index contributed by atoms with van der Waals surface area (Å²) in [6.07, 6.45) is 1.66. The average Bonchev–Trinajstić information content (AvgIpc) is 2.53. The fraction of sp³-hybridized carbons (Fsp3) is 0.235. The topological polar surface area (TPSA) is 66.5 Å². The SMILES string of the molecule is CC(=O)N1CCCc2cc(NS(=O)(=O)c3ccccc3Cl)ccc21. The van der Waals surface area contributed by atoms with Gasteiger partial charge in [-0.15, -0.1) is 0 Å². The molecule has 5 nitrogen and oxygen atoms in total. The first-order valence-corrected chi connectivity index (χ1v) is 9.43. The molecule has 2 aromatic rings. The lowest BCUT2D eigenvalue weighted by Gasteiger charge is -2.29. The number of sulfonamides is 1. The Morgan fingerprint density at radius 2 is 1.96 bits per heavy atom. The molecule has 126 valence electrons. The number of carbonyl (C=O) groups excluding carboxylic acids is 1. The number of benzene rings is 2. The van der Waals surface area contributed by atoms with Gasteiger partial charge in [0.05, 0.1) is 5.02 Å². The molecule has 0 bridgehead atoms. The predicted molar refractivity (Wildman–Crippen MR) is 95.1 cm³/mol. The zero-order valence-corrected chi connectivity index (χ0v) is 14.7. The Morgan fingerprint density at radius 1 is 1.21 bits per heavy atom. The van der Waals surface area contributed by atoms with Crippen LogP contribution in [-0.4, -0.2) is 20.9 Å². The highest BCUT2D eigenvalue weighted by atomic mass is 35.5. The lowest BCUT2D eigenvalue weighted by Crippen LogP contribution is -2.33. The molecule has 1 aliphatic rings. The number of nitrogens with one attached hydrogen (secondary N) is 1. The lowest BCUT2D eigenvalue weighted by atomic mass is 10.0. The Morgan fingerprint density at radius 3 is 2.67 bits per heavy atom.